The first-order valence-corrected chi connectivity index (χ1v) is 9.13. The zero-order chi connectivity index (χ0) is 14.5. The van der Waals surface area contributed by atoms with Gasteiger partial charge in [-0.05, 0) is 51.5 Å². The zero-order valence-corrected chi connectivity index (χ0v) is 13.4. The Labute approximate surface area is 130 Å². The largest absolute Gasteiger partial charge is 0.355 e. The Morgan fingerprint density at radius 2 is 2.19 bits per heavy atom. The average molecular weight is 307 g/mol. The Balaban J connectivity index is 1.38. The zero-order valence-electron chi connectivity index (χ0n) is 12.6. The Hall–Kier alpha value is -0.940. The van der Waals surface area contributed by atoms with Crippen LogP contribution in [0.1, 0.15) is 54.1 Å². The minimum Gasteiger partial charge on any atom is -0.355 e. The number of nitrogens with one attached hydrogen (secondary N) is 2. The van der Waals surface area contributed by atoms with Gasteiger partial charge in [-0.3, -0.25) is 4.79 Å². The van der Waals surface area contributed by atoms with Crippen molar-refractivity contribution < 1.29 is 4.79 Å². The van der Waals surface area contributed by atoms with Crippen LogP contribution in [0.4, 0.5) is 0 Å². The van der Waals surface area contributed by atoms with Crippen LogP contribution in [0.25, 0.3) is 0 Å². The van der Waals surface area contributed by atoms with Crippen molar-refractivity contribution in [1.82, 2.24) is 15.6 Å². The van der Waals surface area contributed by atoms with E-state index in [0.29, 0.717) is 0 Å². The van der Waals surface area contributed by atoms with Crippen molar-refractivity contribution in [2.75, 3.05) is 13.1 Å². The molecule has 0 bridgehead atoms. The second kappa shape index (κ2) is 7.36. The molecule has 1 fully saturated rings. The maximum absolute atomic E-state index is 12.0. The highest BCUT2D eigenvalue weighted by Crippen LogP contribution is 2.27. The number of thiazole rings is 1. The van der Waals surface area contributed by atoms with E-state index in [2.05, 4.69) is 10.6 Å². The van der Waals surface area contributed by atoms with E-state index >= 15 is 0 Å². The van der Waals surface area contributed by atoms with Crippen molar-refractivity contribution in [3.05, 3.63) is 15.6 Å². The van der Waals surface area contributed by atoms with Gasteiger partial charge in [-0.2, -0.15) is 0 Å². The molecule has 2 N–H and O–H groups in total. The van der Waals surface area contributed by atoms with Crippen molar-refractivity contribution in [2.45, 2.75) is 63.8 Å². The highest BCUT2D eigenvalue weighted by Gasteiger charge is 2.20. The van der Waals surface area contributed by atoms with Crippen LogP contribution in [0.15, 0.2) is 0 Å². The smallest absolute Gasteiger partial charge is 0.237 e. The number of carbonyl (C=O) groups excluding carboxylic acids is 1. The molecular weight excluding hydrogens is 282 g/mol. The molecule has 1 amide bonds. The number of piperidine rings is 1. The maximum Gasteiger partial charge on any atom is 0.237 e. The highest BCUT2D eigenvalue weighted by atomic mass is 32.1. The van der Waals surface area contributed by atoms with Crippen LogP contribution < -0.4 is 10.6 Å². The van der Waals surface area contributed by atoms with Gasteiger partial charge in [-0.1, -0.05) is 6.42 Å². The molecule has 1 atom stereocenters. The van der Waals surface area contributed by atoms with Crippen LogP contribution >= 0.6 is 11.3 Å². The first-order chi connectivity index (χ1) is 10.3. The van der Waals surface area contributed by atoms with Crippen molar-refractivity contribution in [1.29, 1.82) is 0 Å². The lowest BCUT2D eigenvalue weighted by molar-refractivity contribution is -0.123. The summed E-state index contributed by atoms with van der Waals surface area (Å²) in [5.74, 6) is 0.174. The fourth-order valence-electron chi connectivity index (χ4n) is 3.16. The standard InChI is InChI=1S/C16H25N3OS/c20-16(13-7-3-4-10-17-13)18-11-5-9-15-19-12-6-1-2-8-14(12)21-15/h13,17H,1-11H2,(H,18,20). The molecule has 1 aliphatic carbocycles. The van der Waals surface area contributed by atoms with Gasteiger partial charge in [0.15, 0.2) is 0 Å². The van der Waals surface area contributed by atoms with Gasteiger partial charge in [0.05, 0.1) is 16.7 Å². The van der Waals surface area contributed by atoms with E-state index < -0.39 is 0 Å². The Morgan fingerprint density at radius 1 is 1.29 bits per heavy atom. The lowest BCUT2D eigenvalue weighted by Crippen LogP contribution is -2.46. The monoisotopic (exact) mass is 307 g/mol. The number of aryl methyl sites for hydroxylation is 3. The topological polar surface area (TPSA) is 54.0 Å². The van der Waals surface area contributed by atoms with Gasteiger partial charge < -0.3 is 10.6 Å². The second-order valence-corrected chi connectivity index (χ2v) is 7.25. The Morgan fingerprint density at radius 3 is 3.00 bits per heavy atom. The van der Waals surface area contributed by atoms with Gasteiger partial charge in [0, 0.05) is 17.8 Å². The van der Waals surface area contributed by atoms with Gasteiger partial charge in [0.1, 0.15) is 0 Å². The molecule has 1 unspecified atom stereocenters. The third-order valence-electron chi connectivity index (χ3n) is 4.38. The second-order valence-electron chi connectivity index (χ2n) is 6.08. The number of fused-ring (bicyclic) bond motifs is 1. The molecule has 4 nitrogen and oxygen atoms in total. The number of aromatic nitrogens is 1. The van der Waals surface area contributed by atoms with E-state index in [4.69, 9.17) is 4.98 Å². The van der Waals surface area contributed by atoms with E-state index in [1.807, 2.05) is 11.3 Å². The van der Waals surface area contributed by atoms with Crippen molar-refractivity contribution >= 4 is 17.2 Å². The molecule has 0 radical (unpaired) electrons. The quantitative estimate of drug-likeness (QED) is 0.820. The summed E-state index contributed by atoms with van der Waals surface area (Å²) in [5.41, 5.74) is 1.34. The normalized spacial score (nSPS) is 21.8. The third-order valence-corrected chi connectivity index (χ3v) is 5.60. The number of hydrogen-bond donors (Lipinski definition) is 2. The van der Waals surface area contributed by atoms with Gasteiger partial charge >= 0.3 is 0 Å². The first-order valence-electron chi connectivity index (χ1n) is 8.31. The lowest BCUT2D eigenvalue weighted by atomic mass is 10.0. The Bertz CT molecular complexity index is 456. The number of nitrogens with zero attached hydrogens (tertiary/aromatic N) is 1. The third kappa shape index (κ3) is 4.04. The molecule has 1 aromatic rings. The molecular formula is C16H25N3OS. The van der Waals surface area contributed by atoms with Crippen LogP contribution in [0, 0.1) is 0 Å². The van der Waals surface area contributed by atoms with E-state index in [9.17, 15) is 4.79 Å². The van der Waals surface area contributed by atoms with E-state index in [-0.39, 0.29) is 11.9 Å². The van der Waals surface area contributed by atoms with Crippen molar-refractivity contribution in [2.24, 2.45) is 0 Å². The number of carbonyl (C=O) groups is 1. The minimum absolute atomic E-state index is 0.0333. The average Bonchev–Trinajstić information content (AvgIpc) is 2.95. The predicted octanol–water partition coefficient (Wildman–Crippen LogP) is 2.21. The van der Waals surface area contributed by atoms with Crippen LogP contribution in [0.5, 0.6) is 0 Å². The Kier molecular flexibility index (Phi) is 5.25. The summed E-state index contributed by atoms with van der Waals surface area (Å²) in [6, 6.07) is 0.0333. The molecule has 0 spiro atoms. The van der Waals surface area contributed by atoms with Crippen LogP contribution in [0.2, 0.25) is 0 Å². The van der Waals surface area contributed by atoms with Crippen LogP contribution in [-0.2, 0) is 24.1 Å². The number of hydrogen-bond acceptors (Lipinski definition) is 4. The fraction of sp³-hybridized carbons (Fsp3) is 0.750. The van der Waals surface area contributed by atoms with E-state index in [1.165, 1.54) is 41.3 Å². The molecule has 5 heteroatoms. The molecule has 21 heavy (non-hydrogen) atoms. The van der Waals surface area contributed by atoms with Gasteiger partial charge in [0.25, 0.3) is 0 Å². The van der Waals surface area contributed by atoms with E-state index in [0.717, 1.165) is 45.2 Å². The minimum atomic E-state index is 0.0333. The van der Waals surface area contributed by atoms with Crippen LogP contribution in [0.3, 0.4) is 0 Å². The molecule has 2 heterocycles. The lowest BCUT2D eigenvalue weighted by Gasteiger charge is -2.22. The predicted molar refractivity (Wildman–Crippen MR) is 85.7 cm³/mol. The fourth-order valence-corrected chi connectivity index (χ4v) is 4.36. The van der Waals surface area contributed by atoms with E-state index in [1.54, 1.807) is 0 Å². The highest BCUT2D eigenvalue weighted by molar-refractivity contribution is 7.11. The molecule has 0 saturated carbocycles. The summed E-state index contributed by atoms with van der Waals surface area (Å²) in [5, 5.41) is 7.60. The first kappa shape index (κ1) is 15.0. The van der Waals surface area contributed by atoms with Crippen molar-refractivity contribution in [3.63, 3.8) is 0 Å². The molecule has 116 valence electrons. The molecule has 3 rings (SSSR count). The van der Waals surface area contributed by atoms with Gasteiger partial charge in [-0.25, -0.2) is 4.98 Å². The molecule has 2 aliphatic rings. The van der Waals surface area contributed by atoms with Crippen molar-refractivity contribution in [3.8, 4) is 0 Å². The molecule has 1 aliphatic heterocycles. The molecule has 1 saturated heterocycles. The number of rotatable bonds is 5. The number of amides is 1. The molecule has 0 aromatic carbocycles. The summed E-state index contributed by atoms with van der Waals surface area (Å²) in [4.78, 5) is 18.2. The van der Waals surface area contributed by atoms with Gasteiger partial charge in [0.2, 0.25) is 5.91 Å². The molecule has 1 aromatic heterocycles. The summed E-state index contributed by atoms with van der Waals surface area (Å²) < 4.78 is 0. The SMILES string of the molecule is O=C(NCCCc1nc2c(s1)CCCC2)C1CCCCN1. The summed E-state index contributed by atoms with van der Waals surface area (Å²) in [6.07, 6.45) is 10.3. The summed E-state index contributed by atoms with van der Waals surface area (Å²) in [6.45, 7) is 1.74. The van der Waals surface area contributed by atoms with Crippen LogP contribution in [-0.4, -0.2) is 30.0 Å². The van der Waals surface area contributed by atoms with Gasteiger partial charge in [-0.15, -0.1) is 11.3 Å². The summed E-state index contributed by atoms with van der Waals surface area (Å²) >= 11 is 1.89. The maximum atomic E-state index is 12.0. The summed E-state index contributed by atoms with van der Waals surface area (Å²) in [7, 11) is 0.